The predicted octanol–water partition coefficient (Wildman–Crippen LogP) is 4.08. The lowest BCUT2D eigenvalue weighted by Crippen LogP contribution is -2.49. The number of fused-ring (bicyclic) bond motifs is 3. The maximum absolute atomic E-state index is 13.5. The number of nitrogens with two attached hydrogens (primary N) is 2. The van der Waals surface area contributed by atoms with Crippen molar-refractivity contribution in [2.24, 2.45) is 11.5 Å². The van der Waals surface area contributed by atoms with Gasteiger partial charge in [0.15, 0.2) is 5.78 Å². The molecule has 10 nitrogen and oxygen atoms in total. The topological polar surface area (TPSA) is 158 Å². The van der Waals surface area contributed by atoms with E-state index in [1.165, 1.54) is 0 Å². The fourth-order valence-corrected chi connectivity index (χ4v) is 5.74. The van der Waals surface area contributed by atoms with E-state index in [9.17, 15) is 19.2 Å². The zero-order valence-corrected chi connectivity index (χ0v) is 25.7. The maximum atomic E-state index is 13.5. The second-order valence-corrected chi connectivity index (χ2v) is 11.7. The van der Waals surface area contributed by atoms with Gasteiger partial charge in [0.25, 0.3) is 0 Å². The Hall–Kier alpha value is -4.80. The van der Waals surface area contributed by atoms with E-state index in [0.29, 0.717) is 25.7 Å². The molecule has 0 saturated heterocycles. The van der Waals surface area contributed by atoms with E-state index < -0.39 is 30.1 Å². The number of benzene rings is 3. The van der Waals surface area contributed by atoms with E-state index in [4.69, 9.17) is 20.9 Å². The van der Waals surface area contributed by atoms with Gasteiger partial charge in [-0.2, -0.15) is 0 Å². The minimum absolute atomic E-state index is 0.0753. The van der Waals surface area contributed by atoms with Crippen LogP contribution in [0.5, 0.6) is 0 Å². The van der Waals surface area contributed by atoms with Gasteiger partial charge in [0.2, 0.25) is 5.91 Å². The SMILES string of the molecule is NC(CCCCC(=O)N1Cc2[nH]c3ccccc3c2C[C@H]1C(=O)OCc1ccccc1)C(=O)C[C@H](N)C(=O)OCc1ccccc1. The number of unbranched alkanes of at least 4 members (excludes halogenated alkanes) is 1. The number of amides is 1. The Morgan fingerprint density at radius 3 is 2.13 bits per heavy atom. The van der Waals surface area contributed by atoms with Crippen LogP contribution in [0.15, 0.2) is 84.9 Å². The first-order chi connectivity index (χ1) is 22.3. The summed E-state index contributed by atoms with van der Waals surface area (Å²) in [4.78, 5) is 56.8. The predicted molar refractivity (Wildman–Crippen MR) is 173 cm³/mol. The standard InChI is InChI=1S/C36H40N4O6/c37-28(33(41)20-29(38)35(43)45-22-24-11-3-1-4-12-24)16-8-10-18-34(42)40-21-31-27(26-15-7-9-17-30(26)39-31)19-32(40)36(44)46-23-25-13-5-2-6-14-25/h1-7,9,11-15,17,28-29,32,39H,8,10,16,18-23,37-38H2/t28?,29-,32-/m0/s1. The van der Waals surface area contributed by atoms with Crippen molar-refractivity contribution in [2.45, 2.75) is 76.4 Å². The number of hydrogen-bond donors (Lipinski definition) is 3. The summed E-state index contributed by atoms with van der Waals surface area (Å²) < 4.78 is 10.9. The smallest absolute Gasteiger partial charge is 0.329 e. The van der Waals surface area contributed by atoms with Crippen LogP contribution in [0.2, 0.25) is 0 Å². The molecule has 1 amide bonds. The largest absolute Gasteiger partial charge is 0.460 e. The monoisotopic (exact) mass is 624 g/mol. The van der Waals surface area contributed by atoms with E-state index in [0.717, 1.165) is 33.3 Å². The summed E-state index contributed by atoms with van der Waals surface area (Å²) in [7, 11) is 0. The number of aromatic nitrogens is 1. The first kappa shape index (κ1) is 32.6. The molecule has 0 radical (unpaired) electrons. The zero-order valence-electron chi connectivity index (χ0n) is 25.7. The minimum atomic E-state index is -1.10. The molecule has 1 aliphatic rings. The third-order valence-corrected chi connectivity index (χ3v) is 8.34. The van der Waals surface area contributed by atoms with Crippen molar-refractivity contribution in [1.29, 1.82) is 0 Å². The van der Waals surface area contributed by atoms with Crippen molar-refractivity contribution in [3.63, 3.8) is 0 Å². The molecule has 2 heterocycles. The molecule has 1 unspecified atom stereocenters. The van der Waals surface area contributed by atoms with E-state index in [-0.39, 0.29) is 44.3 Å². The number of Topliss-reactive ketones (excluding diaryl/α,β-unsaturated/α-hetero) is 1. The third kappa shape index (κ3) is 8.26. The molecule has 240 valence electrons. The van der Waals surface area contributed by atoms with E-state index >= 15 is 0 Å². The van der Waals surface area contributed by atoms with Crippen molar-refractivity contribution in [3.05, 3.63) is 107 Å². The molecule has 3 aromatic carbocycles. The number of esters is 2. The molecular weight excluding hydrogens is 584 g/mol. The second kappa shape index (κ2) is 15.5. The fraction of sp³-hybridized carbons (Fsp3) is 0.333. The molecule has 0 spiro atoms. The highest BCUT2D eigenvalue weighted by atomic mass is 16.5. The zero-order chi connectivity index (χ0) is 32.5. The average Bonchev–Trinajstić information content (AvgIpc) is 3.45. The summed E-state index contributed by atoms with van der Waals surface area (Å²) >= 11 is 0. The molecular formula is C36H40N4O6. The van der Waals surface area contributed by atoms with Crippen molar-refractivity contribution in [1.82, 2.24) is 9.88 Å². The van der Waals surface area contributed by atoms with Crippen LogP contribution in [-0.4, -0.2) is 51.6 Å². The van der Waals surface area contributed by atoms with Crippen LogP contribution >= 0.6 is 0 Å². The first-order valence-corrected chi connectivity index (χ1v) is 15.6. The van der Waals surface area contributed by atoms with Crippen molar-refractivity contribution < 1.29 is 28.7 Å². The molecule has 0 saturated carbocycles. The van der Waals surface area contributed by atoms with Gasteiger partial charge in [-0.25, -0.2) is 4.79 Å². The molecule has 5 N–H and O–H groups in total. The highest BCUT2D eigenvalue weighted by Gasteiger charge is 2.37. The van der Waals surface area contributed by atoms with Gasteiger partial charge >= 0.3 is 11.9 Å². The van der Waals surface area contributed by atoms with Gasteiger partial charge in [-0.05, 0) is 35.6 Å². The Kier molecular flexibility index (Phi) is 11.0. The molecule has 3 atom stereocenters. The van der Waals surface area contributed by atoms with Gasteiger partial charge in [0, 0.05) is 35.9 Å². The number of nitrogens with one attached hydrogen (secondary N) is 1. The van der Waals surface area contributed by atoms with Crippen molar-refractivity contribution in [2.75, 3.05) is 0 Å². The highest BCUT2D eigenvalue weighted by molar-refractivity contribution is 5.90. The van der Waals surface area contributed by atoms with Gasteiger partial charge in [-0.3, -0.25) is 14.4 Å². The molecule has 5 rings (SSSR count). The molecule has 4 aromatic rings. The average molecular weight is 625 g/mol. The summed E-state index contributed by atoms with van der Waals surface area (Å²) in [5.74, 6) is -1.61. The lowest BCUT2D eigenvalue weighted by molar-refractivity contribution is -0.157. The molecule has 46 heavy (non-hydrogen) atoms. The van der Waals surface area contributed by atoms with Gasteiger partial charge in [-0.15, -0.1) is 0 Å². The molecule has 0 aliphatic carbocycles. The highest BCUT2D eigenvalue weighted by Crippen LogP contribution is 2.31. The van der Waals surface area contributed by atoms with Gasteiger partial charge < -0.3 is 30.8 Å². The van der Waals surface area contributed by atoms with Gasteiger partial charge in [0.1, 0.15) is 25.3 Å². The molecule has 0 fully saturated rings. The number of rotatable bonds is 14. The van der Waals surface area contributed by atoms with Crippen LogP contribution in [0, 0.1) is 0 Å². The molecule has 1 aromatic heterocycles. The molecule has 10 heteroatoms. The van der Waals surface area contributed by atoms with Crippen LogP contribution in [0.25, 0.3) is 10.9 Å². The molecule has 0 bridgehead atoms. The Morgan fingerprint density at radius 1 is 0.804 bits per heavy atom. The minimum Gasteiger partial charge on any atom is -0.460 e. The van der Waals surface area contributed by atoms with Crippen LogP contribution in [0.4, 0.5) is 0 Å². The first-order valence-electron chi connectivity index (χ1n) is 15.6. The van der Waals surface area contributed by atoms with E-state index in [1.807, 2.05) is 84.9 Å². The number of nitrogens with zero attached hydrogens (tertiary/aromatic N) is 1. The summed E-state index contributed by atoms with van der Waals surface area (Å²) in [5, 5.41) is 1.04. The molecule has 1 aliphatic heterocycles. The van der Waals surface area contributed by atoms with Gasteiger partial charge in [-0.1, -0.05) is 85.3 Å². The van der Waals surface area contributed by atoms with Crippen molar-refractivity contribution in [3.8, 4) is 0 Å². The fourth-order valence-electron chi connectivity index (χ4n) is 5.74. The van der Waals surface area contributed by atoms with Crippen molar-refractivity contribution >= 4 is 34.5 Å². The summed E-state index contributed by atoms with van der Waals surface area (Å²) in [6, 6.07) is 23.8. The Labute approximate surface area is 268 Å². The number of aromatic amines is 1. The summed E-state index contributed by atoms with van der Waals surface area (Å²) in [6.07, 6.45) is 1.65. The Balaban J connectivity index is 1.12. The van der Waals surface area contributed by atoms with Gasteiger partial charge in [0.05, 0.1) is 12.6 Å². The number of hydrogen-bond acceptors (Lipinski definition) is 8. The Bertz CT molecular complexity index is 1660. The van der Waals surface area contributed by atoms with Crippen LogP contribution in [0.1, 0.15) is 54.5 Å². The second-order valence-electron chi connectivity index (χ2n) is 11.7. The maximum Gasteiger partial charge on any atom is 0.329 e. The normalized spacial score (nSPS) is 15.5. The lowest BCUT2D eigenvalue weighted by Gasteiger charge is -2.34. The van der Waals surface area contributed by atoms with Crippen LogP contribution in [-0.2, 0) is 54.8 Å². The summed E-state index contributed by atoms with van der Waals surface area (Å²) in [6.45, 7) is 0.468. The quantitative estimate of drug-likeness (QED) is 0.140. The third-order valence-electron chi connectivity index (χ3n) is 8.34. The number of para-hydroxylation sites is 1. The van der Waals surface area contributed by atoms with E-state index in [1.54, 1.807) is 4.90 Å². The summed E-state index contributed by atoms with van der Waals surface area (Å²) in [5.41, 5.74) is 16.6. The number of H-pyrrole nitrogens is 1. The Morgan fingerprint density at radius 2 is 1.43 bits per heavy atom. The van der Waals surface area contributed by atoms with Crippen LogP contribution in [0.3, 0.4) is 0 Å². The number of carbonyl (C=O) groups excluding carboxylic acids is 4. The number of ketones is 1. The number of carbonyl (C=O) groups is 4. The lowest BCUT2D eigenvalue weighted by atomic mass is 9.95. The van der Waals surface area contributed by atoms with Crippen LogP contribution < -0.4 is 11.5 Å². The van der Waals surface area contributed by atoms with E-state index in [2.05, 4.69) is 4.98 Å². The number of ether oxygens (including phenoxy) is 2.